The van der Waals surface area contributed by atoms with E-state index in [0.29, 0.717) is 35.4 Å². The Labute approximate surface area is 197 Å². The average molecular weight is 484 g/mol. The molecular weight excluding hydrogens is 465 g/mol. The molecule has 0 atom stereocenters. The quantitative estimate of drug-likeness (QED) is 0.443. The zero-order valence-corrected chi connectivity index (χ0v) is 19.3. The smallest absolute Gasteiger partial charge is 0.337 e. The second-order valence-electron chi connectivity index (χ2n) is 7.92. The lowest BCUT2D eigenvalue weighted by Crippen LogP contribution is -2.39. The molecule has 1 aliphatic rings. The lowest BCUT2D eigenvalue weighted by atomic mass is 10.1. The van der Waals surface area contributed by atoms with Crippen molar-refractivity contribution in [3.05, 3.63) is 96.2 Å². The number of para-hydroxylation sites is 1. The predicted molar refractivity (Wildman–Crippen MR) is 127 cm³/mol. The summed E-state index contributed by atoms with van der Waals surface area (Å²) in [6, 6.07) is 13.0. The number of nitrogens with zero attached hydrogens (tertiary/aromatic N) is 3. The fourth-order valence-electron chi connectivity index (χ4n) is 4.26. The van der Waals surface area contributed by atoms with E-state index in [1.807, 2.05) is 0 Å². The highest BCUT2D eigenvalue weighted by atomic mass is 35.5. The zero-order valence-electron chi connectivity index (χ0n) is 17.7. The van der Waals surface area contributed by atoms with E-state index < -0.39 is 17.1 Å². The molecule has 2 aromatic heterocycles. The van der Waals surface area contributed by atoms with Gasteiger partial charge in [0.2, 0.25) is 5.91 Å². The van der Waals surface area contributed by atoms with E-state index in [0.717, 1.165) is 15.0 Å². The van der Waals surface area contributed by atoms with Gasteiger partial charge in [0.15, 0.2) is 0 Å². The van der Waals surface area contributed by atoms with Crippen molar-refractivity contribution in [2.75, 3.05) is 6.54 Å². The van der Waals surface area contributed by atoms with Crippen molar-refractivity contribution >= 4 is 39.1 Å². The average Bonchev–Trinajstić information content (AvgIpc) is 3.18. The van der Waals surface area contributed by atoms with Gasteiger partial charge in [0.1, 0.15) is 10.6 Å². The lowest BCUT2D eigenvalue weighted by molar-refractivity contribution is -0.129. The van der Waals surface area contributed by atoms with Crippen LogP contribution in [-0.2, 0) is 24.3 Å². The summed E-state index contributed by atoms with van der Waals surface area (Å²) in [6.45, 7) is 2.27. The first-order valence-corrected chi connectivity index (χ1v) is 11.6. The molecule has 0 unspecified atom stereocenters. The summed E-state index contributed by atoms with van der Waals surface area (Å²) in [5.74, 6) is -0.570. The van der Waals surface area contributed by atoms with Gasteiger partial charge in [-0.15, -0.1) is 11.3 Å². The maximum atomic E-state index is 14.6. The Hall–Kier alpha value is -3.23. The van der Waals surface area contributed by atoms with E-state index in [2.05, 4.69) is 0 Å². The minimum absolute atomic E-state index is 0.0460. The predicted octanol–water partition coefficient (Wildman–Crippen LogP) is 3.96. The van der Waals surface area contributed by atoms with Gasteiger partial charge in [0.05, 0.1) is 24.2 Å². The maximum Gasteiger partial charge on any atom is 0.337 e. The molecule has 2 aromatic carbocycles. The van der Waals surface area contributed by atoms with Crippen LogP contribution in [0, 0.1) is 5.82 Å². The number of hydrogen-bond donors (Lipinski definition) is 0. The molecule has 0 bridgehead atoms. The molecule has 4 aromatic rings. The minimum Gasteiger partial charge on any atom is -0.337 e. The van der Waals surface area contributed by atoms with E-state index in [9.17, 15) is 18.8 Å². The summed E-state index contributed by atoms with van der Waals surface area (Å²) >= 11 is 7.56. The number of carbonyl (C=O) groups excluding carboxylic acids is 1. The highest BCUT2D eigenvalue weighted by molar-refractivity contribution is 7.18. The van der Waals surface area contributed by atoms with Gasteiger partial charge in [-0.05, 0) is 36.2 Å². The monoisotopic (exact) mass is 483 g/mol. The van der Waals surface area contributed by atoms with Crippen LogP contribution < -0.4 is 11.2 Å². The number of halogens is 2. The Morgan fingerprint density at radius 2 is 1.88 bits per heavy atom. The van der Waals surface area contributed by atoms with E-state index in [1.165, 1.54) is 35.0 Å². The second-order valence-corrected chi connectivity index (χ2v) is 9.41. The first kappa shape index (κ1) is 21.6. The van der Waals surface area contributed by atoms with Gasteiger partial charge >= 0.3 is 5.69 Å². The van der Waals surface area contributed by atoms with E-state index in [4.69, 9.17) is 11.6 Å². The van der Waals surface area contributed by atoms with Gasteiger partial charge in [0, 0.05) is 28.9 Å². The molecule has 33 heavy (non-hydrogen) atoms. The molecule has 0 fully saturated rings. The van der Waals surface area contributed by atoms with Crippen molar-refractivity contribution in [2.24, 2.45) is 0 Å². The maximum absolute atomic E-state index is 14.6. The van der Waals surface area contributed by atoms with Crippen molar-refractivity contribution in [3.63, 3.8) is 0 Å². The largest absolute Gasteiger partial charge is 0.337 e. The third-order valence-electron chi connectivity index (χ3n) is 5.96. The molecule has 6 nitrogen and oxygen atoms in total. The third-order valence-corrected chi connectivity index (χ3v) is 7.55. The summed E-state index contributed by atoms with van der Waals surface area (Å²) in [4.78, 5) is 42.2. The standard InChI is InChI=1S/C24H19ClFN3O3S/c1-14(30)27-11-10-16-20(13-27)33-23-21(16)22(31)29(15-6-3-2-4-7-15)24(32)28(23)12-17-18(25)8-5-9-19(17)26/h2-9H,10-13H2,1H3. The van der Waals surface area contributed by atoms with E-state index in [-0.39, 0.29) is 23.0 Å². The normalized spacial score (nSPS) is 13.4. The van der Waals surface area contributed by atoms with Crippen LogP contribution in [0.1, 0.15) is 22.9 Å². The first-order valence-electron chi connectivity index (χ1n) is 10.4. The van der Waals surface area contributed by atoms with E-state index in [1.54, 1.807) is 41.3 Å². The number of benzene rings is 2. The Morgan fingerprint density at radius 1 is 1.12 bits per heavy atom. The molecule has 5 rings (SSSR count). The molecule has 0 N–H and O–H groups in total. The van der Waals surface area contributed by atoms with Gasteiger partial charge < -0.3 is 4.90 Å². The van der Waals surface area contributed by atoms with Gasteiger partial charge in [-0.25, -0.2) is 13.8 Å². The van der Waals surface area contributed by atoms with E-state index >= 15 is 0 Å². The summed E-state index contributed by atoms with van der Waals surface area (Å²) in [5, 5.41) is 0.644. The van der Waals surface area contributed by atoms with Gasteiger partial charge in [0.25, 0.3) is 5.56 Å². The highest BCUT2D eigenvalue weighted by Gasteiger charge is 2.28. The minimum atomic E-state index is -0.569. The Morgan fingerprint density at radius 3 is 2.58 bits per heavy atom. The third kappa shape index (κ3) is 3.59. The summed E-state index contributed by atoms with van der Waals surface area (Å²) < 4.78 is 17.2. The second kappa shape index (κ2) is 8.28. The molecule has 0 saturated carbocycles. The van der Waals surface area contributed by atoms with Crippen molar-refractivity contribution in [3.8, 4) is 5.69 Å². The number of hydrogen-bond acceptors (Lipinski definition) is 4. The molecular formula is C24H19ClFN3O3S. The number of amides is 1. The summed E-state index contributed by atoms with van der Waals surface area (Å²) in [7, 11) is 0. The highest BCUT2D eigenvalue weighted by Crippen LogP contribution is 2.34. The Balaban J connectivity index is 1.82. The van der Waals surface area contributed by atoms with Crippen LogP contribution in [0.25, 0.3) is 15.9 Å². The molecule has 168 valence electrons. The zero-order chi connectivity index (χ0) is 23.3. The molecule has 0 saturated heterocycles. The van der Waals surface area contributed by atoms with Crippen LogP contribution in [0.2, 0.25) is 5.02 Å². The Bertz CT molecular complexity index is 1500. The molecule has 0 radical (unpaired) electrons. The van der Waals surface area contributed by atoms with Gasteiger partial charge in [-0.3, -0.25) is 14.2 Å². The fraction of sp³-hybridized carbons (Fsp3) is 0.208. The van der Waals surface area contributed by atoms with Crippen molar-refractivity contribution < 1.29 is 9.18 Å². The van der Waals surface area contributed by atoms with Crippen molar-refractivity contribution in [2.45, 2.75) is 26.4 Å². The summed E-state index contributed by atoms with van der Waals surface area (Å²) in [5.41, 5.74) is 0.475. The molecule has 9 heteroatoms. The SMILES string of the molecule is CC(=O)N1CCc2c(sc3c2c(=O)n(-c2ccccc2)c(=O)n3Cc2c(F)cccc2Cl)C1. The number of thiophene rings is 1. The number of aromatic nitrogens is 2. The molecule has 1 amide bonds. The summed E-state index contributed by atoms with van der Waals surface area (Å²) in [6.07, 6.45) is 0.512. The lowest BCUT2D eigenvalue weighted by Gasteiger charge is -2.25. The van der Waals surface area contributed by atoms with Gasteiger partial charge in [-0.1, -0.05) is 35.9 Å². The topological polar surface area (TPSA) is 64.3 Å². The Kier molecular flexibility index (Phi) is 5.42. The van der Waals surface area contributed by atoms with Gasteiger partial charge in [-0.2, -0.15) is 0 Å². The molecule has 0 spiro atoms. The van der Waals surface area contributed by atoms with Crippen LogP contribution in [-0.4, -0.2) is 26.5 Å². The first-order chi connectivity index (χ1) is 15.9. The van der Waals surface area contributed by atoms with Crippen molar-refractivity contribution in [1.29, 1.82) is 0 Å². The number of carbonyl (C=O) groups is 1. The van der Waals surface area contributed by atoms with Crippen LogP contribution in [0.15, 0.2) is 58.1 Å². The number of rotatable bonds is 3. The van der Waals surface area contributed by atoms with Crippen LogP contribution in [0.4, 0.5) is 4.39 Å². The van der Waals surface area contributed by atoms with Crippen LogP contribution in [0.3, 0.4) is 0 Å². The number of fused-ring (bicyclic) bond motifs is 3. The molecule has 3 heterocycles. The van der Waals surface area contributed by atoms with Crippen LogP contribution in [0.5, 0.6) is 0 Å². The van der Waals surface area contributed by atoms with Crippen molar-refractivity contribution in [1.82, 2.24) is 14.0 Å². The van der Waals surface area contributed by atoms with Crippen LogP contribution >= 0.6 is 22.9 Å². The molecule has 0 aliphatic carbocycles. The fourth-order valence-corrected chi connectivity index (χ4v) is 5.83. The molecule has 1 aliphatic heterocycles.